The van der Waals surface area contributed by atoms with E-state index in [1.54, 1.807) is 11.8 Å². The second kappa shape index (κ2) is 50.0. The van der Waals surface area contributed by atoms with Crippen LogP contribution in [-0.2, 0) is 54.1 Å². The molecule has 4 rings (SSSR count). The Morgan fingerprint density at radius 3 is 1.51 bits per heavy atom. The van der Waals surface area contributed by atoms with Crippen LogP contribution in [0.2, 0.25) is 0 Å². The highest BCUT2D eigenvalue weighted by molar-refractivity contribution is 9.10. The van der Waals surface area contributed by atoms with E-state index in [4.69, 9.17) is 23.7 Å². The fourth-order valence-corrected chi connectivity index (χ4v) is 11.4. The van der Waals surface area contributed by atoms with Gasteiger partial charge < -0.3 is 28.6 Å². The van der Waals surface area contributed by atoms with Crippen molar-refractivity contribution in [3.8, 4) is 0 Å². The number of hydrogen-bond acceptors (Lipinski definition) is 12. The van der Waals surface area contributed by atoms with Crippen molar-refractivity contribution in [3.05, 3.63) is 64.3 Å². The smallest absolute Gasteiger partial charge is 0.422 e. The molecule has 1 aliphatic carbocycles. The number of amides is 1. The highest BCUT2D eigenvalue weighted by atomic mass is 79.9. The fraction of sp³-hybridized carbons (Fsp3) is 0.722. The number of hydrogen-bond donors (Lipinski definition) is 0. The van der Waals surface area contributed by atoms with Gasteiger partial charge in [-0.2, -0.15) is 0 Å². The molecule has 1 aromatic heterocycles. The summed E-state index contributed by atoms with van der Waals surface area (Å²) in [6.45, 7) is 18.1. The van der Waals surface area contributed by atoms with E-state index in [1.807, 2.05) is 26.0 Å². The van der Waals surface area contributed by atoms with Gasteiger partial charge in [-0.3, -0.25) is 28.9 Å². The normalized spacial score (nSPS) is 14.3. The fourth-order valence-electron chi connectivity index (χ4n) is 10.7. The van der Waals surface area contributed by atoms with Gasteiger partial charge in [0.15, 0.2) is 6.10 Å². The van der Waals surface area contributed by atoms with Crippen LogP contribution >= 0.6 is 15.9 Å². The molecule has 1 aliphatic heterocycles. The number of benzene rings is 1. The van der Waals surface area contributed by atoms with Crippen LogP contribution in [0.1, 0.15) is 278 Å². The predicted molar refractivity (Wildman–Crippen MR) is 358 cm³/mol. The van der Waals surface area contributed by atoms with Crippen LogP contribution in [-0.4, -0.2) is 109 Å². The summed E-state index contributed by atoms with van der Waals surface area (Å²) >= 11 is 3.69. The second-order valence-corrected chi connectivity index (χ2v) is 24.6. The Balaban J connectivity index is 0.00000214. The lowest BCUT2D eigenvalue weighted by atomic mass is 9.82. The summed E-state index contributed by atoms with van der Waals surface area (Å²) in [6.07, 6.45) is 44.2. The summed E-state index contributed by atoms with van der Waals surface area (Å²) in [6, 6.07) is 6.14. The average molecular weight is 1280 g/mol. The first kappa shape index (κ1) is 78.3. The Labute approximate surface area is 535 Å². The van der Waals surface area contributed by atoms with Gasteiger partial charge in [0.05, 0.1) is 10.1 Å². The molecule has 0 N–H and O–H groups in total. The molecule has 3 atom stereocenters. The molecule has 15 heteroatoms. The number of halogens is 1. The monoisotopic (exact) mass is 1280 g/mol. The number of aromatic nitrogens is 1. The van der Waals surface area contributed by atoms with Crippen molar-refractivity contribution in [1.82, 2.24) is 14.4 Å². The molecule has 0 saturated carbocycles. The molecule has 494 valence electrons. The second-order valence-electron chi connectivity index (χ2n) is 23.9. The van der Waals surface area contributed by atoms with Gasteiger partial charge in [-0.05, 0) is 143 Å². The molecule has 14 nitrogen and oxygen atoms in total. The quantitative estimate of drug-likeness (QED) is 0.0154. The van der Waals surface area contributed by atoms with Crippen LogP contribution < -0.4 is 0 Å². The van der Waals surface area contributed by atoms with Gasteiger partial charge in [0.2, 0.25) is 12.7 Å². The largest absolute Gasteiger partial charge is 0.462 e. The van der Waals surface area contributed by atoms with Crippen LogP contribution in [0.3, 0.4) is 0 Å². The molecule has 2 aliphatic rings. The maximum atomic E-state index is 13.7. The molecule has 2 aromatic rings. The van der Waals surface area contributed by atoms with Crippen LogP contribution in [0.4, 0.5) is 4.79 Å². The van der Waals surface area contributed by atoms with Crippen molar-refractivity contribution in [2.24, 2.45) is 5.92 Å². The predicted octanol–water partition coefficient (Wildman–Crippen LogP) is 18.7. The Morgan fingerprint density at radius 2 is 1.06 bits per heavy atom. The average Bonchev–Trinajstić information content (AvgIpc) is 1.67. The molecular formula is C72H118BrN3O11. The van der Waals surface area contributed by atoms with Gasteiger partial charge >= 0.3 is 30.0 Å². The number of carbonyl (C=O) groups is 6. The van der Waals surface area contributed by atoms with E-state index in [9.17, 15) is 28.8 Å². The van der Waals surface area contributed by atoms with Gasteiger partial charge in [0, 0.05) is 63.7 Å². The molecule has 0 bridgehead atoms. The number of ether oxygens (including phenoxy) is 5. The van der Waals surface area contributed by atoms with Gasteiger partial charge in [0.25, 0.3) is 0 Å². The zero-order valence-electron chi connectivity index (χ0n) is 55.8. The van der Waals surface area contributed by atoms with Gasteiger partial charge in [-0.25, -0.2) is 9.36 Å². The van der Waals surface area contributed by atoms with Crippen molar-refractivity contribution in [1.29, 1.82) is 0 Å². The lowest BCUT2D eigenvalue weighted by Gasteiger charge is -2.36. The van der Waals surface area contributed by atoms with E-state index in [2.05, 4.69) is 92.0 Å². The van der Waals surface area contributed by atoms with E-state index < -0.39 is 48.3 Å². The van der Waals surface area contributed by atoms with Crippen LogP contribution in [0, 0.1) is 5.92 Å². The van der Waals surface area contributed by atoms with E-state index >= 15 is 0 Å². The van der Waals surface area contributed by atoms with Crippen molar-refractivity contribution < 1.29 is 52.5 Å². The minimum atomic E-state index is -1.20. The SMILES string of the molecule is CCCC.CCCCCCCC/C=C\CCCCCCCC(=O)OCC(COC(=O)CCCCCCC/C=C\CCCCCCCC)OC(=O)CC(C)CC(=O)OC(C)OC(=O)n1c(Br)c2c3c(cccc31)C1=CCCN(C)C1C2.CCN(C=O)CC. The minimum absolute atomic E-state index is 0.147. The van der Waals surface area contributed by atoms with Crippen molar-refractivity contribution >= 4 is 68.8 Å². The highest BCUT2D eigenvalue weighted by Crippen LogP contribution is 2.44. The number of rotatable bonds is 45. The topological polar surface area (TPSA) is 160 Å². The lowest BCUT2D eigenvalue weighted by Crippen LogP contribution is -2.39. The Hall–Kier alpha value is -4.76. The first-order valence-corrected chi connectivity index (χ1v) is 35.1. The molecule has 1 aromatic carbocycles. The first-order chi connectivity index (χ1) is 42.2. The van der Waals surface area contributed by atoms with Crippen LogP contribution in [0.25, 0.3) is 16.5 Å². The van der Waals surface area contributed by atoms with Gasteiger partial charge in [-0.1, -0.05) is 193 Å². The molecule has 0 spiro atoms. The number of likely N-dealkylation sites (N-methyl/N-ethyl adjacent to an activating group) is 1. The molecule has 1 amide bonds. The summed E-state index contributed by atoms with van der Waals surface area (Å²) in [5.74, 6) is -2.58. The Morgan fingerprint density at radius 1 is 0.598 bits per heavy atom. The molecular weight excluding hydrogens is 1160 g/mol. The highest BCUT2D eigenvalue weighted by Gasteiger charge is 2.35. The maximum Gasteiger partial charge on any atom is 0.422 e. The number of carbonyl (C=O) groups excluding carboxylic acids is 6. The van der Waals surface area contributed by atoms with E-state index in [0.29, 0.717) is 23.0 Å². The van der Waals surface area contributed by atoms with Crippen molar-refractivity contribution in [3.63, 3.8) is 0 Å². The van der Waals surface area contributed by atoms with Crippen molar-refractivity contribution in [2.45, 2.75) is 292 Å². The third kappa shape index (κ3) is 34.1. The number of esters is 4. The summed E-state index contributed by atoms with van der Waals surface area (Å²) in [7, 11) is 2.12. The lowest BCUT2D eigenvalue weighted by molar-refractivity contribution is -0.169. The number of fused-ring (bicyclic) bond motifs is 2. The number of unbranched alkanes of at least 4 members (excludes halogenated alkanes) is 23. The Kier molecular flexibility index (Phi) is 45.1. The maximum absolute atomic E-state index is 13.7. The Bertz CT molecular complexity index is 2250. The summed E-state index contributed by atoms with van der Waals surface area (Å²) < 4.78 is 30.1. The third-order valence-corrected chi connectivity index (χ3v) is 17.0. The van der Waals surface area contributed by atoms with Gasteiger partial charge in [-0.15, -0.1) is 0 Å². The number of nitrogens with zero attached hydrogens (tertiary/aromatic N) is 3. The zero-order chi connectivity index (χ0) is 63.9. The molecule has 87 heavy (non-hydrogen) atoms. The van der Waals surface area contributed by atoms with Crippen LogP contribution in [0.15, 0.2) is 53.2 Å². The first-order valence-electron chi connectivity index (χ1n) is 34.3. The molecule has 2 heterocycles. The van der Waals surface area contributed by atoms with E-state index in [0.717, 1.165) is 132 Å². The van der Waals surface area contributed by atoms with Gasteiger partial charge in [0.1, 0.15) is 13.2 Å². The molecule has 0 saturated heterocycles. The molecule has 0 radical (unpaired) electrons. The number of allylic oxidation sites excluding steroid dienone is 4. The van der Waals surface area contributed by atoms with Crippen molar-refractivity contribution in [2.75, 3.05) is 39.9 Å². The van der Waals surface area contributed by atoms with E-state index in [-0.39, 0.29) is 44.9 Å². The minimum Gasteiger partial charge on any atom is -0.462 e. The molecule has 0 fully saturated rings. The summed E-state index contributed by atoms with van der Waals surface area (Å²) in [5, 5.41) is 1.01. The van der Waals surface area contributed by atoms with Crippen LogP contribution in [0.5, 0.6) is 0 Å². The molecule has 3 unspecified atom stereocenters. The zero-order valence-corrected chi connectivity index (χ0v) is 57.4. The summed E-state index contributed by atoms with van der Waals surface area (Å²) in [5.41, 5.74) is 4.12. The van der Waals surface area contributed by atoms with E-state index in [1.165, 1.54) is 107 Å². The summed E-state index contributed by atoms with van der Waals surface area (Å²) in [4.78, 5) is 79.6. The third-order valence-electron chi connectivity index (χ3n) is 16.2. The standard InChI is InChI=1S/C63H97BrN2O10.C5H11NO.C4H10/c1-6-8-10-12-14-16-18-20-22-24-26-28-30-32-34-41-57(67)72-47-51(48-73-58(68)42-35-33-31-29-27-25-23-21-19-17-15-13-11-9-7-2)76-60(70)45-49(3)44-59(69)74-50(4)75-63(71)66-55-40-36-38-53-52-39-37-43-65(5)56(52)46-54(61(53)55)62(66)64;1-3-6(4-2)5-7;1-3-4-2/h20-23,36,38-40,49-51,56H,6-19,24-35,37,41-48H2,1-5H3;5H,3-4H2,1-2H3;3-4H2,1-2H3/b22-20-,23-21-;;.